The van der Waals surface area contributed by atoms with Crippen LogP contribution in [0.4, 0.5) is 5.69 Å². The van der Waals surface area contributed by atoms with E-state index in [1.807, 2.05) is 56.3 Å². The van der Waals surface area contributed by atoms with E-state index < -0.39 is 5.41 Å². The van der Waals surface area contributed by atoms with Gasteiger partial charge < -0.3 is 11.1 Å². The maximum absolute atomic E-state index is 12.9. The van der Waals surface area contributed by atoms with Crippen LogP contribution in [0.3, 0.4) is 0 Å². The molecule has 0 spiro atoms. The van der Waals surface area contributed by atoms with Crippen LogP contribution in [0, 0.1) is 0 Å². The van der Waals surface area contributed by atoms with Crippen molar-refractivity contribution >= 4 is 24.0 Å². The first-order chi connectivity index (χ1) is 11.0. The molecule has 4 heteroatoms. The van der Waals surface area contributed by atoms with Crippen molar-refractivity contribution in [3.05, 3.63) is 65.2 Å². The van der Waals surface area contributed by atoms with Crippen molar-refractivity contribution in [1.82, 2.24) is 5.32 Å². The van der Waals surface area contributed by atoms with Gasteiger partial charge >= 0.3 is 0 Å². The van der Waals surface area contributed by atoms with E-state index in [9.17, 15) is 4.79 Å². The number of carbonyl (C=O) groups is 1. The maximum Gasteiger partial charge on any atom is 0.230 e. The summed E-state index contributed by atoms with van der Waals surface area (Å²) in [6.45, 7) is 3.95. The highest BCUT2D eigenvalue weighted by atomic mass is 35.5. The number of carbonyl (C=O) groups excluding carboxylic acids is 1. The van der Waals surface area contributed by atoms with Crippen molar-refractivity contribution in [2.75, 3.05) is 5.73 Å². The standard InChI is InChI=1S/C20H24N2O.ClH/c1-20(2,15-8-4-3-5-9-15)19(23)22-18-10-6-7-14-13-16(21)11-12-17(14)18;/h3-5,8-9,11-13,18H,6-7,10,21H2,1-2H3,(H,22,23);1H. The van der Waals surface area contributed by atoms with Crippen molar-refractivity contribution in [3.8, 4) is 0 Å². The number of halogens is 1. The van der Waals surface area contributed by atoms with Gasteiger partial charge in [0, 0.05) is 5.69 Å². The summed E-state index contributed by atoms with van der Waals surface area (Å²) in [5, 5.41) is 3.25. The smallest absolute Gasteiger partial charge is 0.230 e. The minimum Gasteiger partial charge on any atom is -0.399 e. The Morgan fingerprint density at radius 1 is 1.17 bits per heavy atom. The first kappa shape index (κ1) is 18.3. The van der Waals surface area contributed by atoms with Crippen LogP contribution in [-0.4, -0.2) is 5.91 Å². The van der Waals surface area contributed by atoms with Gasteiger partial charge in [0.25, 0.3) is 0 Å². The monoisotopic (exact) mass is 344 g/mol. The number of hydrogen-bond donors (Lipinski definition) is 2. The summed E-state index contributed by atoms with van der Waals surface area (Å²) in [6, 6.07) is 16.0. The Kier molecular flexibility index (Phi) is 5.55. The van der Waals surface area contributed by atoms with Crippen LogP contribution in [-0.2, 0) is 16.6 Å². The van der Waals surface area contributed by atoms with E-state index in [4.69, 9.17) is 5.73 Å². The Morgan fingerprint density at radius 2 is 1.88 bits per heavy atom. The predicted octanol–water partition coefficient (Wildman–Crippen LogP) is 4.16. The number of rotatable bonds is 3. The third-order valence-corrected chi connectivity index (χ3v) is 4.85. The topological polar surface area (TPSA) is 55.1 Å². The highest BCUT2D eigenvalue weighted by Crippen LogP contribution is 2.32. The molecule has 0 heterocycles. The number of aryl methyl sites for hydroxylation is 1. The number of benzene rings is 2. The Hall–Kier alpha value is -2.00. The highest BCUT2D eigenvalue weighted by Gasteiger charge is 2.32. The van der Waals surface area contributed by atoms with Gasteiger partial charge in [-0.25, -0.2) is 0 Å². The lowest BCUT2D eigenvalue weighted by molar-refractivity contribution is -0.126. The molecule has 3 nitrogen and oxygen atoms in total. The van der Waals surface area contributed by atoms with E-state index in [2.05, 4.69) is 11.4 Å². The van der Waals surface area contributed by atoms with Gasteiger partial charge in [-0.15, -0.1) is 12.4 Å². The van der Waals surface area contributed by atoms with E-state index in [0.29, 0.717) is 0 Å². The molecule has 1 amide bonds. The molecule has 128 valence electrons. The Labute approximate surface area is 150 Å². The molecular formula is C20H25ClN2O. The number of anilines is 1. The van der Waals surface area contributed by atoms with E-state index >= 15 is 0 Å². The van der Waals surface area contributed by atoms with Gasteiger partial charge in [0.1, 0.15) is 0 Å². The molecule has 0 saturated carbocycles. The summed E-state index contributed by atoms with van der Waals surface area (Å²) in [6.07, 6.45) is 3.09. The van der Waals surface area contributed by atoms with Gasteiger partial charge in [-0.1, -0.05) is 36.4 Å². The molecule has 1 atom stereocenters. The second kappa shape index (κ2) is 7.27. The molecule has 1 aliphatic rings. The summed E-state index contributed by atoms with van der Waals surface area (Å²) in [5.74, 6) is 0.0679. The molecule has 1 aliphatic carbocycles. The van der Waals surface area contributed by atoms with Gasteiger partial charge in [0.05, 0.1) is 11.5 Å². The molecule has 3 rings (SSSR count). The van der Waals surface area contributed by atoms with E-state index in [-0.39, 0.29) is 24.4 Å². The minimum absolute atomic E-state index is 0. The highest BCUT2D eigenvalue weighted by molar-refractivity contribution is 5.87. The number of nitrogens with one attached hydrogen (secondary N) is 1. The largest absolute Gasteiger partial charge is 0.399 e. The molecule has 0 aromatic heterocycles. The second-order valence-electron chi connectivity index (χ2n) is 6.87. The third-order valence-electron chi connectivity index (χ3n) is 4.85. The zero-order valence-corrected chi connectivity index (χ0v) is 15.0. The number of fused-ring (bicyclic) bond motifs is 1. The summed E-state index contributed by atoms with van der Waals surface area (Å²) >= 11 is 0. The molecule has 2 aromatic carbocycles. The lowest BCUT2D eigenvalue weighted by atomic mass is 9.82. The zero-order chi connectivity index (χ0) is 16.4. The molecule has 0 fully saturated rings. The molecular weight excluding hydrogens is 320 g/mol. The molecule has 0 saturated heterocycles. The number of hydrogen-bond acceptors (Lipinski definition) is 2. The molecule has 3 N–H and O–H groups in total. The lowest BCUT2D eigenvalue weighted by Crippen LogP contribution is -2.42. The summed E-state index contributed by atoms with van der Waals surface area (Å²) in [5.41, 5.74) is 9.64. The fourth-order valence-corrected chi connectivity index (χ4v) is 3.31. The Balaban J connectivity index is 0.00000208. The van der Waals surface area contributed by atoms with Crippen molar-refractivity contribution in [2.24, 2.45) is 0 Å². The first-order valence-electron chi connectivity index (χ1n) is 8.23. The number of nitrogens with two attached hydrogens (primary N) is 1. The van der Waals surface area contributed by atoms with Crippen LogP contribution in [0.15, 0.2) is 48.5 Å². The average Bonchev–Trinajstić information content (AvgIpc) is 2.55. The molecule has 0 bridgehead atoms. The SMILES string of the molecule is CC(C)(C(=O)NC1CCCc2cc(N)ccc21)c1ccccc1.Cl. The van der Waals surface area contributed by atoms with Crippen molar-refractivity contribution in [2.45, 2.75) is 44.6 Å². The van der Waals surface area contributed by atoms with Crippen molar-refractivity contribution < 1.29 is 4.79 Å². The van der Waals surface area contributed by atoms with Gasteiger partial charge in [0.15, 0.2) is 0 Å². The van der Waals surface area contributed by atoms with E-state index in [1.165, 1.54) is 11.1 Å². The summed E-state index contributed by atoms with van der Waals surface area (Å²) in [7, 11) is 0. The van der Waals surface area contributed by atoms with E-state index in [1.54, 1.807) is 0 Å². The van der Waals surface area contributed by atoms with Gasteiger partial charge in [0.2, 0.25) is 5.91 Å². The van der Waals surface area contributed by atoms with Crippen LogP contribution in [0.1, 0.15) is 49.4 Å². The van der Waals surface area contributed by atoms with Gasteiger partial charge in [-0.3, -0.25) is 4.79 Å². The van der Waals surface area contributed by atoms with Crippen LogP contribution < -0.4 is 11.1 Å². The quantitative estimate of drug-likeness (QED) is 0.821. The van der Waals surface area contributed by atoms with Crippen LogP contribution in [0.5, 0.6) is 0 Å². The first-order valence-corrected chi connectivity index (χ1v) is 8.23. The molecule has 0 radical (unpaired) electrons. The third kappa shape index (κ3) is 3.57. The van der Waals surface area contributed by atoms with Gasteiger partial charge in [-0.2, -0.15) is 0 Å². The maximum atomic E-state index is 12.9. The summed E-state index contributed by atoms with van der Waals surface area (Å²) in [4.78, 5) is 12.9. The number of amides is 1. The fraction of sp³-hybridized carbons (Fsp3) is 0.350. The minimum atomic E-state index is -0.549. The second-order valence-corrected chi connectivity index (χ2v) is 6.87. The van der Waals surface area contributed by atoms with Crippen molar-refractivity contribution in [1.29, 1.82) is 0 Å². The van der Waals surface area contributed by atoms with Crippen LogP contribution in [0.2, 0.25) is 0 Å². The number of nitrogen functional groups attached to an aromatic ring is 1. The molecule has 0 aliphatic heterocycles. The molecule has 1 unspecified atom stereocenters. The molecule has 2 aromatic rings. The van der Waals surface area contributed by atoms with E-state index in [0.717, 1.165) is 30.5 Å². The normalized spacial score (nSPS) is 16.7. The Bertz CT molecular complexity index is 713. The molecule has 24 heavy (non-hydrogen) atoms. The average molecular weight is 345 g/mol. The van der Waals surface area contributed by atoms with Crippen LogP contribution in [0.25, 0.3) is 0 Å². The summed E-state index contributed by atoms with van der Waals surface area (Å²) < 4.78 is 0. The fourth-order valence-electron chi connectivity index (χ4n) is 3.31. The zero-order valence-electron chi connectivity index (χ0n) is 14.2. The van der Waals surface area contributed by atoms with Crippen molar-refractivity contribution in [3.63, 3.8) is 0 Å². The predicted molar refractivity (Wildman–Crippen MR) is 101 cm³/mol. The van der Waals surface area contributed by atoms with Crippen LogP contribution >= 0.6 is 12.4 Å². The lowest BCUT2D eigenvalue weighted by Gasteiger charge is -2.31. The van der Waals surface area contributed by atoms with Gasteiger partial charge in [-0.05, 0) is 61.9 Å². The Morgan fingerprint density at radius 3 is 2.58 bits per heavy atom.